The van der Waals surface area contributed by atoms with Crippen molar-refractivity contribution in [1.29, 1.82) is 0 Å². The lowest BCUT2D eigenvalue weighted by Crippen LogP contribution is -2.33. The molecule has 7 heteroatoms. The van der Waals surface area contributed by atoms with Gasteiger partial charge in [0.05, 0.1) is 4.90 Å². The summed E-state index contributed by atoms with van der Waals surface area (Å²) in [6.45, 7) is 3.27. The Morgan fingerprint density at radius 1 is 1.35 bits per heavy atom. The standard InChI is InChI=1S/C13H19N3O2S2/c14-13(19)11-4-3-5-12(10-11)20(17,18)15-6-9-16-7-1-2-8-16/h3-5,10,15H,1-2,6-9H2,(H2,14,19). The molecule has 1 saturated heterocycles. The Morgan fingerprint density at radius 3 is 2.70 bits per heavy atom. The molecule has 1 aromatic carbocycles. The van der Waals surface area contributed by atoms with Crippen molar-refractivity contribution in [1.82, 2.24) is 9.62 Å². The van der Waals surface area contributed by atoms with Crippen molar-refractivity contribution in [2.45, 2.75) is 17.7 Å². The predicted octanol–water partition coefficient (Wildman–Crippen LogP) is 0.695. The molecule has 2 rings (SSSR count). The van der Waals surface area contributed by atoms with Crippen molar-refractivity contribution in [2.24, 2.45) is 5.73 Å². The van der Waals surface area contributed by atoms with E-state index in [2.05, 4.69) is 9.62 Å². The van der Waals surface area contributed by atoms with Crippen LogP contribution in [0.3, 0.4) is 0 Å². The number of likely N-dealkylation sites (tertiary alicyclic amines) is 1. The molecule has 0 unspecified atom stereocenters. The van der Waals surface area contributed by atoms with Crippen LogP contribution in [-0.4, -0.2) is 44.5 Å². The van der Waals surface area contributed by atoms with Gasteiger partial charge in [0.1, 0.15) is 4.99 Å². The van der Waals surface area contributed by atoms with E-state index in [1.165, 1.54) is 18.9 Å². The maximum atomic E-state index is 12.2. The molecule has 3 N–H and O–H groups in total. The van der Waals surface area contributed by atoms with Crippen molar-refractivity contribution >= 4 is 27.2 Å². The lowest BCUT2D eigenvalue weighted by molar-refractivity contribution is 0.344. The first-order valence-electron chi connectivity index (χ1n) is 6.61. The molecule has 0 saturated carbocycles. The molecule has 0 spiro atoms. The fraction of sp³-hybridized carbons (Fsp3) is 0.462. The van der Waals surface area contributed by atoms with E-state index in [1.807, 2.05) is 0 Å². The number of nitrogens with one attached hydrogen (secondary N) is 1. The molecule has 1 aliphatic rings. The van der Waals surface area contributed by atoms with Crippen LogP contribution in [0.15, 0.2) is 29.2 Å². The number of nitrogens with zero attached hydrogens (tertiary/aromatic N) is 1. The zero-order chi connectivity index (χ0) is 14.6. The zero-order valence-electron chi connectivity index (χ0n) is 11.2. The molecule has 0 aliphatic carbocycles. The molecule has 1 aromatic rings. The van der Waals surface area contributed by atoms with Gasteiger partial charge in [-0.1, -0.05) is 24.4 Å². The largest absolute Gasteiger partial charge is 0.389 e. The normalized spacial score (nSPS) is 16.4. The van der Waals surface area contributed by atoms with Crippen molar-refractivity contribution in [3.63, 3.8) is 0 Å². The first kappa shape index (κ1) is 15.4. The van der Waals surface area contributed by atoms with E-state index in [4.69, 9.17) is 18.0 Å². The number of nitrogens with two attached hydrogens (primary N) is 1. The van der Waals surface area contributed by atoms with Gasteiger partial charge < -0.3 is 10.6 Å². The van der Waals surface area contributed by atoms with Gasteiger partial charge >= 0.3 is 0 Å². The first-order valence-corrected chi connectivity index (χ1v) is 8.50. The molecule has 20 heavy (non-hydrogen) atoms. The molecule has 0 radical (unpaired) electrons. The van der Waals surface area contributed by atoms with Gasteiger partial charge in [-0.25, -0.2) is 13.1 Å². The first-order chi connectivity index (χ1) is 9.49. The van der Waals surface area contributed by atoms with Crippen molar-refractivity contribution in [3.8, 4) is 0 Å². The molecule has 0 atom stereocenters. The van der Waals surface area contributed by atoms with E-state index < -0.39 is 10.0 Å². The van der Waals surface area contributed by atoms with E-state index in [1.54, 1.807) is 18.2 Å². The summed E-state index contributed by atoms with van der Waals surface area (Å²) in [6, 6.07) is 6.38. The highest BCUT2D eigenvalue weighted by molar-refractivity contribution is 7.89. The number of hydrogen-bond donors (Lipinski definition) is 2. The van der Waals surface area contributed by atoms with Crippen LogP contribution in [0.2, 0.25) is 0 Å². The minimum atomic E-state index is -3.50. The SMILES string of the molecule is NC(=S)c1cccc(S(=O)(=O)NCCN2CCCC2)c1. The third kappa shape index (κ3) is 3.99. The molecular weight excluding hydrogens is 294 g/mol. The molecule has 5 nitrogen and oxygen atoms in total. The molecule has 0 amide bonds. The number of sulfonamides is 1. The number of rotatable bonds is 6. The minimum absolute atomic E-state index is 0.194. The van der Waals surface area contributed by atoms with Crippen LogP contribution in [0.1, 0.15) is 18.4 Å². The molecule has 0 aromatic heterocycles. The second kappa shape index (κ2) is 6.62. The van der Waals surface area contributed by atoms with Gasteiger partial charge in [0, 0.05) is 18.7 Å². The quantitative estimate of drug-likeness (QED) is 0.756. The third-order valence-corrected chi connectivity index (χ3v) is 5.04. The fourth-order valence-corrected chi connectivity index (χ4v) is 3.44. The highest BCUT2D eigenvalue weighted by atomic mass is 32.2. The molecule has 1 heterocycles. The smallest absolute Gasteiger partial charge is 0.240 e. The van der Waals surface area contributed by atoms with Gasteiger partial charge in [0.2, 0.25) is 10.0 Å². The fourth-order valence-electron chi connectivity index (χ4n) is 2.24. The topological polar surface area (TPSA) is 75.4 Å². The molecule has 1 aliphatic heterocycles. The van der Waals surface area contributed by atoms with Gasteiger partial charge in [0.15, 0.2) is 0 Å². The summed E-state index contributed by atoms with van der Waals surface area (Å²) in [4.78, 5) is 2.65. The molecule has 1 fully saturated rings. The minimum Gasteiger partial charge on any atom is -0.389 e. The summed E-state index contributed by atoms with van der Waals surface area (Å²) in [7, 11) is -3.50. The summed E-state index contributed by atoms with van der Waals surface area (Å²) < 4.78 is 26.9. The zero-order valence-corrected chi connectivity index (χ0v) is 12.8. The Balaban J connectivity index is 1.98. The Bertz CT molecular complexity index is 581. The molecule has 0 bridgehead atoms. The van der Waals surface area contributed by atoms with Crippen molar-refractivity contribution in [3.05, 3.63) is 29.8 Å². The van der Waals surface area contributed by atoms with Crippen LogP contribution in [0.5, 0.6) is 0 Å². The van der Waals surface area contributed by atoms with Crippen LogP contribution < -0.4 is 10.5 Å². The molecule has 110 valence electrons. The van der Waals surface area contributed by atoms with E-state index in [-0.39, 0.29) is 9.88 Å². The Morgan fingerprint density at radius 2 is 2.05 bits per heavy atom. The highest BCUT2D eigenvalue weighted by Crippen LogP contribution is 2.11. The number of benzene rings is 1. The van der Waals surface area contributed by atoms with Gasteiger partial charge in [-0.05, 0) is 38.1 Å². The lowest BCUT2D eigenvalue weighted by Gasteiger charge is -2.15. The predicted molar refractivity (Wildman–Crippen MR) is 83.2 cm³/mol. The summed E-state index contributed by atoms with van der Waals surface area (Å²) in [6.07, 6.45) is 2.39. The lowest BCUT2D eigenvalue weighted by atomic mass is 10.2. The second-order valence-corrected chi connectivity index (χ2v) is 7.05. The average molecular weight is 313 g/mol. The highest BCUT2D eigenvalue weighted by Gasteiger charge is 2.16. The maximum Gasteiger partial charge on any atom is 0.240 e. The van der Waals surface area contributed by atoms with E-state index in [0.717, 1.165) is 19.6 Å². The summed E-state index contributed by atoms with van der Waals surface area (Å²) in [5.74, 6) is 0. The summed E-state index contributed by atoms with van der Waals surface area (Å²) in [5.41, 5.74) is 6.08. The van der Waals surface area contributed by atoms with Gasteiger partial charge in [-0.15, -0.1) is 0 Å². The number of thiocarbonyl (C=S) groups is 1. The monoisotopic (exact) mass is 313 g/mol. The third-order valence-electron chi connectivity index (χ3n) is 3.35. The van der Waals surface area contributed by atoms with Crippen molar-refractivity contribution < 1.29 is 8.42 Å². The number of hydrogen-bond acceptors (Lipinski definition) is 4. The van der Waals surface area contributed by atoms with Gasteiger partial charge in [0.25, 0.3) is 0 Å². The Kier molecular flexibility index (Phi) is 5.09. The second-order valence-electron chi connectivity index (χ2n) is 4.84. The Hall–Kier alpha value is -1.02. The van der Waals surface area contributed by atoms with Crippen LogP contribution in [0, 0.1) is 0 Å². The summed E-state index contributed by atoms with van der Waals surface area (Å²) in [5, 5.41) is 0. The maximum absolute atomic E-state index is 12.2. The van der Waals surface area contributed by atoms with E-state index in [0.29, 0.717) is 12.1 Å². The summed E-state index contributed by atoms with van der Waals surface area (Å²) >= 11 is 4.86. The van der Waals surface area contributed by atoms with E-state index in [9.17, 15) is 8.42 Å². The van der Waals surface area contributed by atoms with Crippen LogP contribution >= 0.6 is 12.2 Å². The van der Waals surface area contributed by atoms with Crippen LogP contribution in [0.4, 0.5) is 0 Å². The van der Waals surface area contributed by atoms with Crippen molar-refractivity contribution in [2.75, 3.05) is 26.2 Å². The molecular formula is C13H19N3O2S2. The van der Waals surface area contributed by atoms with Crippen LogP contribution in [-0.2, 0) is 10.0 Å². The van der Waals surface area contributed by atoms with Gasteiger partial charge in [-0.2, -0.15) is 0 Å². The van der Waals surface area contributed by atoms with Gasteiger partial charge in [-0.3, -0.25) is 0 Å². The average Bonchev–Trinajstić information content (AvgIpc) is 2.92. The Labute approximate surface area is 125 Å². The van der Waals surface area contributed by atoms with Crippen LogP contribution in [0.25, 0.3) is 0 Å². The van der Waals surface area contributed by atoms with E-state index >= 15 is 0 Å².